The van der Waals surface area contributed by atoms with Crippen molar-refractivity contribution in [2.45, 2.75) is 96.4 Å². The van der Waals surface area contributed by atoms with Crippen LogP contribution in [0.2, 0.25) is 5.02 Å². The zero-order valence-corrected chi connectivity index (χ0v) is 18.7. The number of hydrazone groups is 1. The first-order valence-electron chi connectivity index (χ1n) is 10.7. The SMILES string of the molecule is CCCCCCCCCCCCCC1=NNC(S)N1c1ccc(C)c(Cl)c1. The van der Waals surface area contributed by atoms with Crippen LogP contribution in [0.15, 0.2) is 23.3 Å². The average molecular weight is 410 g/mol. The van der Waals surface area contributed by atoms with E-state index in [1.165, 1.54) is 70.6 Å². The van der Waals surface area contributed by atoms with Crippen molar-refractivity contribution in [3.8, 4) is 0 Å². The van der Waals surface area contributed by atoms with E-state index in [2.05, 4.69) is 47.1 Å². The molecule has 1 unspecified atom stereocenters. The van der Waals surface area contributed by atoms with Crippen LogP contribution in [0.1, 0.15) is 89.5 Å². The second-order valence-corrected chi connectivity index (χ2v) is 8.52. The molecule has 1 aromatic carbocycles. The molecule has 0 saturated carbocycles. The van der Waals surface area contributed by atoms with E-state index in [1.54, 1.807) is 0 Å². The number of nitrogens with zero attached hydrogens (tertiary/aromatic N) is 2. The standard InChI is InChI=1S/C22H36ClN3S/c1-3-4-5-6-7-8-9-10-11-12-13-14-21-24-25-22(27)26(21)19-16-15-18(2)20(23)17-19/h15-17,22,25,27H,3-14H2,1-2H3. The third-order valence-electron chi connectivity index (χ3n) is 5.27. The Morgan fingerprint density at radius 3 is 2.19 bits per heavy atom. The van der Waals surface area contributed by atoms with E-state index in [9.17, 15) is 0 Å². The van der Waals surface area contributed by atoms with E-state index >= 15 is 0 Å². The number of aryl methyl sites for hydroxylation is 1. The second kappa shape index (κ2) is 12.6. The van der Waals surface area contributed by atoms with E-state index < -0.39 is 0 Å². The molecule has 0 aromatic heterocycles. The highest BCUT2D eigenvalue weighted by Gasteiger charge is 2.26. The van der Waals surface area contributed by atoms with Gasteiger partial charge in [-0.05, 0) is 31.0 Å². The van der Waals surface area contributed by atoms with Crippen molar-refractivity contribution in [2.75, 3.05) is 4.90 Å². The number of hydrogen-bond donors (Lipinski definition) is 2. The van der Waals surface area contributed by atoms with Crippen LogP contribution in [-0.4, -0.2) is 11.3 Å². The zero-order chi connectivity index (χ0) is 19.5. The highest BCUT2D eigenvalue weighted by molar-refractivity contribution is 7.81. The summed E-state index contributed by atoms with van der Waals surface area (Å²) in [7, 11) is 0. The van der Waals surface area contributed by atoms with Gasteiger partial charge in [-0.25, -0.2) is 0 Å². The molecule has 0 spiro atoms. The molecule has 0 bridgehead atoms. The van der Waals surface area contributed by atoms with Crippen LogP contribution in [0.3, 0.4) is 0 Å². The Labute approximate surface area is 176 Å². The summed E-state index contributed by atoms with van der Waals surface area (Å²) in [5.74, 6) is 1.06. The Bertz CT molecular complexity index is 591. The molecule has 152 valence electrons. The number of benzene rings is 1. The van der Waals surface area contributed by atoms with Gasteiger partial charge in [0.2, 0.25) is 0 Å². The van der Waals surface area contributed by atoms with Gasteiger partial charge in [-0.2, -0.15) is 5.10 Å². The van der Waals surface area contributed by atoms with E-state index in [-0.39, 0.29) is 5.50 Å². The molecular formula is C22H36ClN3S. The fraction of sp³-hybridized carbons (Fsp3) is 0.682. The molecule has 0 fully saturated rings. The summed E-state index contributed by atoms with van der Waals surface area (Å²) < 4.78 is 0. The van der Waals surface area contributed by atoms with Crippen molar-refractivity contribution >= 4 is 35.8 Å². The number of unbranched alkanes of at least 4 members (excludes halogenated alkanes) is 10. The molecular weight excluding hydrogens is 374 g/mol. The molecule has 1 heterocycles. The lowest BCUT2D eigenvalue weighted by Gasteiger charge is -2.24. The van der Waals surface area contributed by atoms with Gasteiger partial charge in [-0.3, -0.25) is 10.3 Å². The van der Waals surface area contributed by atoms with Crippen molar-refractivity contribution < 1.29 is 0 Å². The summed E-state index contributed by atoms with van der Waals surface area (Å²) in [4.78, 5) is 2.14. The molecule has 1 aliphatic rings. The molecule has 1 aliphatic heterocycles. The first-order valence-corrected chi connectivity index (χ1v) is 11.6. The monoisotopic (exact) mass is 409 g/mol. The molecule has 1 atom stereocenters. The van der Waals surface area contributed by atoms with Gasteiger partial charge in [0.25, 0.3) is 0 Å². The fourth-order valence-corrected chi connectivity index (χ4v) is 4.03. The Hall–Kier alpha value is -0.870. The highest BCUT2D eigenvalue weighted by atomic mass is 35.5. The van der Waals surface area contributed by atoms with Gasteiger partial charge in [0, 0.05) is 17.1 Å². The van der Waals surface area contributed by atoms with Crippen molar-refractivity contribution in [2.24, 2.45) is 5.10 Å². The Morgan fingerprint density at radius 1 is 1.00 bits per heavy atom. The Balaban J connectivity index is 1.63. The summed E-state index contributed by atoms with van der Waals surface area (Å²) in [5.41, 5.74) is 5.10. The molecule has 5 heteroatoms. The Morgan fingerprint density at radius 2 is 1.59 bits per heavy atom. The second-order valence-electron chi connectivity index (χ2n) is 7.62. The molecule has 0 radical (unpaired) electrons. The third kappa shape index (κ3) is 7.57. The first kappa shape index (κ1) is 22.4. The van der Waals surface area contributed by atoms with Crippen molar-refractivity contribution in [1.29, 1.82) is 0 Å². The van der Waals surface area contributed by atoms with Crippen LogP contribution in [0.5, 0.6) is 0 Å². The van der Waals surface area contributed by atoms with Crippen LogP contribution in [0, 0.1) is 6.92 Å². The summed E-state index contributed by atoms with van der Waals surface area (Å²) in [5, 5.41) is 5.27. The maximum atomic E-state index is 6.30. The fourth-order valence-electron chi connectivity index (χ4n) is 3.53. The molecule has 1 aromatic rings. The normalized spacial score (nSPS) is 16.5. The zero-order valence-electron chi connectivity index (χ0n) is 17.0. The first-order chi connectivity index (χ1) is 13.1. The largest absolute Gasteiger partial charge is 0.297 e. The van der Waals surface area contributed by atoms with E-state index in [1.807, 2.05) is 13.0 Å². The number of anilines is 1. The molecule has 0 aliphatic carbocycles. The van der Waals surface area contributed by atoms with E-state index in [0.717, 1.165) is 28.5 Å². The minimum atomic E-state index is -0.119. The number of amidine groups is 1. The van der Waals surface area contributed by atoms with Crippen molar-refractivity contribution in [1.82, 2.24) is 5.43 Å². The lowest BCUT2D eigenvalue weighted by molar-refractivity contribution is 0.551. The molecule has 27 heavy (non-hydrogen) atoms. The van der Waals surface area contributed by atoms with Gasteiger partial charge in [0.05, 0.1) is 0 Å². The lowest BCUT2D eigenvalue weighted by Crippen LogP contribution is -2.36. The van der Waals surface area contributed by atoms with Gasteiger partial charge in [-0.15, -0.1) is 12.6 Å². The smallest absolute Gasteiger partial charge is 0.165 e. The van der Waals surface area contributed by atoms with Crippen molar-refractivity contribution in [3.05, 3.63) is 28.8 Å². The van der Waals surface area contributed by atoms with Gasteiger partial charge in [0.1, 0.15) is 5.84 Å². The average Bonchev–Trinajstić information content (AvgIpc) is 3.02. The lowest BCUT2D eigenvalue weighted by atomic mass is 10.0. The highest BCUT2D eigenvalue weighted by Crippen LogP contribution is 2.28. The van der Waals surface area contributed by atoms with E-state index in [0.29, 0.717) is 0 Å². The topological polar surface area (TPSA) is 27.6 Å². The maximum Gasteiger partial charge on any atom is 0.165 e. The van der Waals surface area contributed by atoms with Gasteiger partial charge in [0.15, 0.2) is 5.50 Å². The Kier molecular flexibility index (Phi) is 10.4. The van der Waals surface area contributed by atoms with Crippen LogP contribution >= 0.6 is 24.2 Å². The molecule has 0 amide bonds. The van der Waals surface area contributed by atoms with Gasteiger partial charge in [-0.1, -0.05) is 88.8 Å². The minimum Gasteiger partial charge on any atom is -0.297 e. The minimum absolute atomic E-state index is 0.119. The summed E-state index contributed by atoms with van der Waals surface area (Å²) in [6.45, 7) is 4.30. The predicted molar refractivity (Wildman–Crippen MR) is 123 cm³/mol. The molecule has 0 saturated heterocycles. The number of halogens is 1. The number of hydrogen-bond acceptors (Lipinski definition) is 4. The number of rotatable bonds is 13. The molecule has 2 rings (SSSR count). The van der Waals surface area contributed by atoms with E-state index in [4.69, 9.17) is 11.6 Å². The van der Waals surface area contributed by atoms with Crippen LogP contribution < -0.4 is 10.3 Å². The third-order valence-corrected chi connectivity index (χ3v) is 6.02. The summed E-state index contributed by atoms with van der Waals surface area (Å²) in [6, 6.07) is 6.15. The van der Waals surface area contributed by atoms with Crippen molar-refractivity contribution in [3.63, 3.8) is 0 Å². The van der Waals surface area contributed by atoms with Crippen LogP contribution in [0.25, 0.3) is 0 Å². The number of thiol groups is 1. The summed E-state index contributed by atoms with van der Waals surface area (Å²) in [6.07, 6.45) is 15.9. The quantitative estimate of drug-likeness (QED) is 0.264. The predicted octanol–water partition coefficient (Wildman–Crippen LogP) is 7.29. The summed E-state index contributed by atoms with van der Waals surface area (Å²) >= 11 is 10.9. The number of nitrogens with one attached hydrogen (secondary N) is 1. The van der Waals surface area contributed by atoms with Gasteiger partial charge >= 0.3 is 0 Å². The molecule has 3 nitrogen and oxygen atoms in total. The molecule has 1 N–H and O–H groups in total. The van der Waals surface area contributed by atoms with Gasteiger partial charge < -0.3 is 0 Å². The maximum absolute atomic E-state index is 6.30. The van der Waals surface area contributed by atoms with Crippen LogP contribution in [-0.2, 0) is 0 Å². The van der Waals surface area contributed by atoms with Crippen LogP contribution in [0.4, 0.5) is 5.69 Å².